The zero-order valence-corrected chi connectivity index (χ0v) is 11.7. The van der Waals surface area contributed by atoms with Crippen LogP contribution in [0, 0.1) is 0 Å². The molecule has 2 aromatic rings. The summed E-state index contributed by atoms with van der Waals surface area (Å²) in [5.74, 6) is 0. The van der Waals surface area contributed by atoms with Crippen molar-refractivity contribution in [3.8, 4) is 0 Å². The van der Waals surface area contributed by atoms with Crippen LogP contribution in [0.2, 0.25) is 0 Å². The molecule has 1 aromatic carbocycles. The van der Waals surface area contributed by atoms with Crippen LogP contribution in [0.5, 0.6) is 0 Å². The normalized spacial score (nSPS) is 21.3. The molecule has 0 bridgehead atoms. The largest absolute Gasteiger partial charge is 0.309 e. The molecular weight excluding hydrogens is 254 g/mol. The molecule has 0 amide bonds. The number of nitrogens with one attached hydrogen (secondary N) is 1. The van der Waals surface area contributed by atoms with Gasteiger partial charge in [0.2, 0.25) is 0 Å². The average Bonchev–Trinajstić information content (AvgIpc) is 2.79. The first-order valence-electron chi connectivity index (χ1n) is 6.62. The van der Waals surface area contributed by atoms with E-state index >= 15 is 0 Å². The summed E-state index contributed by atoms with van der Waals surface area (Å²) in [6.07, 6.45) is 4.52. The number of fused-ring (bicyclic) bond motifs is 1. The molecule has 1 aliphatic rings. The fourth-order valence-corrected chi connectivity index (χ4v) is 3.83. The Bertz CT molecular complexity index is 544. The predicted molar refractivity (Wildman–Crippen MR) is 78.2 cm³/mol. The highest BCUT2D eigenvalue weighted by molar-refractivity contribution is 7.99. The van der Waals surface area contributed by atoms with E-state index in [2.05, 4.69) is 46.5 Å². The number of benzene rings is 1. The van der Waals surface area contributed by atoms with Gasteiger partial charge in [0.15, 0.2) is 0 Å². The van der Waals surface area contributed by atoms with Crippen molar-refractivity contribution in [1.29, 1.82) is 0 Å². The Morgan fingerprint density at radius 2 is 2.21 bits per heavy atom. The fourth-order valence-electron chi connectivity index (χ4n) is 2.63. The van der Waals surface area contributed by atoms with E-state index in [4.69, 9.17) is 0 Å². The van der Waals surface area contributed by atoms with E-state index in [1.165, 1.54) is 11.1 Å². The second kappa shape index (κ2) is 5.72. The third kappa shape index (κ3) is 2.65. The summed E-state index contributed by atoms with van der Waals surface area (Å²) in [5.41, 5.74) is 2.90. The van der Waals surface area contributed by atoms with Crippen molar-refractivity contribution in [2.75, 3.05) is 6.54 Å². The third-order valence-corrected chi connectivity index (χ3v) is 4.66. The van der Waals surface area contributed by atoms with Gasteiger partial charge in [-0.15, -0.1) is 11.8 Å². The lowest BCUT2D eigenvalue weighted by atomic mass is 10.1. The molecule has 3 rings (SSSR count). The Labute approximate surface area is 117 Å². The minimum absolute atomic E-state index is 0.418. The zero-order chi connectivity index (χ0) is 13.1. The molecule has 2 atom stereocenters. The highest BCUT2D eigenvalue weighted by Crippen LogP contribution is 2.40. The monoisotopic (exact) mass is 271 g/mol. The van der Waals surface area contributed by atoms with Gasteiger partial charge >= 0.3 is 0 Å². The van der Waals surface area contributed by atoms with Crippen LogP contribution >= 0.6 is 11.8 Å². The van der Waals surface area contributed by atoms with Crippen LogP contribution in [0.15, 0.2) is 47.9 Å². The predicted octanol–water partition coefficient (Wildman–Crippen LogP) is 2.84. The number of hydrogen-bond donors (Lipinski definition) is 1. The molecule has 3 nitrogen and oxygen atoms in total. The first kappa shape index (κ1) is 12.6. The molecule has 0 saturated carbocycles. The van der Waals surface area contributed by atoms with Crippen LogP contribution in [0.4, 0.5) is 0 Å². The molecule has 1 N–H and O–H groups in total. The number of aromatic nitrogens is 2. The Kier molecular flexibility index (Phi) is 3.80. The fraction of sp³-hybridized carbons (Fsp3) is 0.333. The summed E-state index contributed by atoms with van der Waals surface area (Å²) in [7, 11) is 0. The van der Waals surface area contributed by atoms with Crippen LogP contribution in [0.1, 0.15) is 24.1 Å². The zero-order valence-electron chi connectivity index (χ0n) is 10.9. The molecule has 1 aliphatic carbocycles. The lowest BCUT2D eigenvalue weighted by molar-refractivity contribution is 0.560. The standard InChI is InChI=1S/C15H17N3S/c1-2-17-15-12-6-4-3-5-11(12)9-13(15)19-14-7-8-16-10-18-14/h3-8,10,13,15,17H,2,9H2,1H3. The maximum atomic E-state index is 4.32. The molecule has 0 aliphatic heterocycles. The van der Waals surface area contributed by atoms with Gasteiger partial charge in [0.1, 0.15) is 6.33 Å². The van der Waals surface area contributed by atoms with Gasteiger partial charge in [-0.1, -0.05) is 31.2 Å². The summed E-state index contributed by atoms with van der Waals surface area (Å²) in [5, 5.41) is 5.17. The second-order valence-electron chi connectivity index (χ2n) is 4.64. The Morgan fingerprint density at radius 3 is 3.00 bits per heavy atom. The summed E-state index contributed by atoms with van der Waals surface area (Å²) >= 11 is 1.84. The lowest BCUT2D eigenvalue weighted by Gasteiger charge is -2.20. The van der Waals surface area contributed by atoms with Gasteiger partial charge in [0, 0.05) is 17.5 Å². The maximum absolute atomic E-state index is 4.32. The Balaban J connectivity index is 1.83. The minimum atomic E-state index is 0.418. The van der Waals surface area contributed by atoms with Gasteiger partial charge in [-0.05, 0) is 30.2 Å². The molecule has 4 heteroatoms. The second-order valence-corrected chi connectivity index (χ2v) is 5.90. The highest BCUT2D eigenvalue weighted by atomic mass is 32.2. The summed E-state index contributed by atoms with van der Waals surface area (Å²) in [4.78, 5) is 8.30. The van der Waals surface area contributed by atoms with Gasteiger partial charge in [-0.2, -0.15) is 0 Å². The van der Waals surface area contributed by atoms with Crippen molar-refractivity contribution in [2.24, 2.45) is 0 Å². The van der Waals surface area contributed by atoms with E-state index in [0.717, 1.165) is 18.0 Å². The third-order valence-electron chi connectivity index (χ3n) is 3.43. The first-order chi connectivity index (χ1) is 9.38. The van der Waals surface area contributed by atoms with E-state index < -0.39 is 0 Å². The number of rotatable bonds is 4. The molecule has 0 saturated heterocycles. The summed E-state index contributed by atoms with van der Waals surface area (Å²) < 4.78 is 0. The molecule has 19 heavy (non-hydrogen) atoms. The van der Waals surface area contributed by atoms with Crippen LogP contribution in [0.25, 0.3) is 0 Å². The number of hydrogen-bond acceptors (Lipinski definition) is 4. The van der Waals surface area contributed by atoms with E-state index in [0.29, 0.717) is 11.3 Å². The van der Waals surface area contributed by atoms with Crippen LogP contribution < -0.4 is 5.32 Å². The summed E-state index contributed by atoms with van der Waals surface area (Å²) in [6, 6.07) is 11.1. The maximum Gasteiger partial charge on any atom is 0.116 e. The molecule has 98 valence electrons. The van der Waals surface area contributed by atoms with E-state index in [1.807, 2.05) is 17.8 Å². The molecule has 0 spiro atoms. The molecule has 1 aromatic heterocycles. The van der Waals surface area contributed by atoms with Gasteiger partial charge in [-0.25, -0.2) is 9.97 Å². The van der Waals surface area contributed by atoms with Crippen LogP contribution in [0.3, 0.4) is 0 Å². The Hall–Kier alpha value is -1.39. The van der Waals surface area contributed by atoms with Crippen molar-refractivity contribution < 1.29 is 0 Å². The number of thioether (sulfide) groups is 1. The molecule has 0 fully saturated rings. The number of nitrogens with zero attached hydrogens (tertiary/aromatic N) is 2. The molecule has 1 heterocycles. The van der Waals surface area contributed by atoms with Gasteiger partial charge in [-0.3, -0.25) is 0 Å². The van der Waals surface area contributed by atoms with Crippen molar-refractivity contribution in [1.82, 2.24) is 15.3 Å². The van der Waals surface area contributed by atoms with Gasteiger partial charge < -0.3 is 5.32 Å². The van der Waals surface area contributed by atoms with E-state index in [9.17, 15) is 0 Å². The smallest absolute Gasteiger partial charge is 0.116 e. The topological polar surface area (TPSA) is 37.8 Å². The average molecular weight is 271 g/mol. The SMILES string of the molecule is CCNC1c2ccccc2CC1Sc1ccncn1. The first-order valence-corrected chi connectivity index (χ1v) is 7.50. The molecule has 2 unspecified atom stereocenters. The quantitative estimate of drug-likeness (QED) is 0.868. The van der Waals surface area contributed by atoms with Gasteiger partial charge in [0.25, 0.3) is 0 Å². The molecule has 0 radical (unpaired) electrons. The molecular formula is C15H17N3S. The van der Waals surface area contributed by atoms with Crippen molar-refractivity contribution in [3.05, 3.63) is 54.0 Å². The van der Waals surface area contributed by atoms with Crippen molar-refractivity contribution in [3.63, 3.8) is 0 Å². The highest BCUT2D eigenvalue weighted by Gasteiger charge is 2.32. The summed E-state index contributed by atoms with van der Waals surface area (Å²) in [6.45, 7) is 3.15. The van der Waals surface area contributed by atoms with Gasteiger partial charge in [0.05, 0.1) is 5.03 Å². The van der Waals surface area contributed by atoms with Crippen molar-refractivity contribution in [2.45, 2.75) is 29.7 Å². The van der Waals surface area contributed by atoms with Crippen molar-refractivity contribution >= 4 is 11.8 Å². The van der Waals surface area contributed by atoms with Crippen LogP contribution in [-0.4, -0.2) is 21.8 Å². The Morgan fingerprint density at radius 1 is 1.32 bits per heavy atom. The van der Waals surface area contributed by atoms with E-state index in [-0.39, 0.29) is 0 Å². The minimum Gasteiger partial charge on any atom is -0.309 e. The lowest BCUT2D eigenvalue weighted by Crippen LogP contribution is -2.26. The van der Waals surface area contributed by atoms with Crippen LogP contribution in [-0.2, 0) is 6.42 Å². The van der Waals surface area contributed by atoms with E-state index in [1.54, 1.807) is 12.5 Å².